The Morgan fingerprint density at radius 2 is 2.11 bits per heavy atom. The third kappa shape index (κ3) is 3.06. The molecule has 2 aromatic heterocycles. The average Bonchev–Trinajstić information content (AvgIpc) is 2.93. The summed E-state index contributed by atoms with van der Waals surface area (Å²) in [5.41, 5.74) is 6.29. The first-order valence-electron chi connectivity index (χ1n) is 5.76. The zero-order chi connectivity index (χ0) is 14.0. The molecule has 0 spiro atoms. The second-order valence-electron chi connectivity index (χ2n) is 4.21. The number of furan rings is 1. The molecule has 19 heavy (non-hydrogen) atoms. The SMILES string of the molecule is Cc1ccc(CNS(=O)(=O)c2c(C)csc2CN)o1. The largest absolute Gasteiger partial charge is 0.465 e. The molecule has 104 valence electrons. The van der Waals surface area contributed by atoms with Crippen molar-refractivity contribution < 1.29 is 12.8 Å². The molecule has 0 fully saturated rings. The third-order valence-corrected chi connectivity index (χ3v) is 5.56. The third-order valence-electron chi connectivity index (χ3n) is 2.68. The summed E-state index contributed by atoms with van der Waals surface area (Å²) >= 11 is 1.36. The zero-order valence-corrected chi connectivity index (χ0v) is 12.4. The van der Waals surface area contributed by atoms with Gasteiger partial charge >= 0.3 is 0 Å². The monoisotopic (exact) mass is 300 g/mol. The smallest absolute Gasteiger partial charge is 0.242 e. The maximum atomic E-state index is 12.3. The maximum Gasteiger partial charge on any atom is 0.242 e. The molecule has 0 amide bonds. The van der Waals surface area contributed by atoms with Crippen LogP contribution in [0.2, 0.25) is 0 Å². The van der Waals surface area contributed by atoms with Crippen LogP contribution in [0, 0.1) is 13.8 Å². The molecule has 5 nitrogen and oxygen atoms in total. The van der Waals surface area contributed by atoms with E-state index in [9.17, 15) is 8.42 Å². The normalized spacial score (nSPS) is 11.9. The van der Waals surface area contributed by atoms with Crippen LogP contribution in [0.25, 0.3) is 0 Å². The van der Waals surface area contributed by atoms with Gasteiger partial charge in [0.25, 0.3) is 0 Å². The number of nitrogens with one attached hydrogen (secondary N) is 1. The van der Waals surface area contributed by atoms with Gasteiger partial charge in [-0.1, -0.05) is 0 Å². The first-order valence-corrected chi connectivity index (χ1v) is 8.12. The average molecular weight is 300 g/mol. The molecule has 0 saturated carbocycles. The van der Waals surface area contributed by atoms with Crippen molar-refractivity contribution in [3.63, 3.8) is 0 Å². The van der Waals surface area contributed by atoms with Gasteiger partial charge in [-0.3, -0.25) is 0 Å². The summed E-state index contributed by atoms with van der Waals surface area (Å²) in [6, 6.07) is 3.55. The van der Waals surface area contributed by atoms with Crippen molar-refractivity contribution in [1.82, 2.24) is 4.72 Å². The number of rotatable bonds is 5. The molecule has 0 aliphatic heterocycles. The lowest BCUT2D eigenvalue weighted by Crippen LogP contribution is -2.24. The van der Waals surface area contributed by atoms with Gasteiger partial charge in [0.15, 0.2) is 0 Å². The molecule has 2 heterocycles. The number of sulfonamides is 1. The van der Waals surface area contributed by atoms with E-state index in [1.807, 2.05) is 6.92 Å². The topological polar surface area (TPSA) is 85.3 Å². The highest BCUT2D eigenvalue weighted by Crippen LogP contribution is 2.26. The lowest BCUT2D eigenvalue weighted by atomic mass is 10.3. The van der Waals surface area contributed by atoms with E-state index in [2.05, 4.69) is 4.72 Å². The van der Waals surface area contributed by atoms with Gasteiger partial charge in [0, 0.05) is 11.4 Å². The standard InChI is InChI=1S/C12H16N2O3S2/c1-8-7-18-11(5-13)12(8)19(15,16)14-6-10-4-3-9(2)17-10/h3-4,7,14H,5-6,13H2,1-2H3. The predicted molar refractivity (Wildman–Crippen MR) is 74.4 cm³/mol. The lowest BCUT2D eigenvalue weighted by Gasteiger charge is -2.07. The highest BCUT2D eigenvalue weighted by atomic mass is 32.2. The van der Waals surface area contributed by atoms with E-state index in [-0.39, 0.29) is 13.1 Å². The van der Waals surface area contributed by atoms with E-state index in [0.717, 1.165) is 5.76 Å². The fourth-order valence-electron chi connectivity index (χ4n) is 1.81. The van der Waals surface area contributed by atoms with Gasteiger partial charge in [-0.25, -0.2) is 13.1 Å². The van der Waals surface area contributed by atoms with Crippen molar-refractivity contribution in [3.05, 3.63) is 39.5 Å². The Balaban J connectivity index is 2.20. The van der Waals surface area contributed by atoms with E-state index in [1.165, 1.54) is 11.3 Å². The Labute approximate surface area is 116 Å². The molecule has 0 aliphatic rings. The minimum absolute atomic E-state index is 0.134. The molecule has 7 heteroatoms. The molecule has 2 aromatic rings. The molecule has 2 rings (SSSR count). The van der Waals surface area contributed by atoms with Gasteiger partial charge in [-0.05, 0) is 36.9 Å². The molecule has 3 N–H and O–H groups in total. The predicted octanol–water partition coefficient (Wildman–Crippen LogP) is 1.90. The van der Waals surface area contributed by atoms with Crippen LogP contribution in [0.4, 0.5) is 0 Å². The van der Waals surface area contributed by atoms with Crippen molar-refractivity contribution in [2.24, 2.45) is 5.73 Å². The summed E-state index contributed by atoms with van der Waals surface area (Å²) in [7, 11) is -3.56. The number of hydrogen-bond acceptors (Lipinski definition) is 5. The van der Waals surface area contributed by atoms with Crippen LogP contribution >= 0.6 is 11.3 Å². The van der Waals surface area contributed by atoms with Crippen LogP contribution in [0.5, 0.6) is 0 Å². The molecule has 0 bridgehead atoms. The molecule has 0 atom stereocenters. The van der Waals surface area contributed by atoms with E-state index in [4.69, 9.17) is 10.2 Å². The molecule has 0 aromatic carbocycles. The fourth-order valence-corrected chi connectivity index (χ4v) is 4.50. The van der Waals surface area contributed by atoms with Crippen molar-refractivity contribution in [2.45, 2.75) is 31.8 Å². The molecule has 0 radical (unpaired) electrons. The first kappa shape index (κ1) is 14.3. The highest BCUT2D eigenvalue weighted by molar-refractivity contribution is 7.89. The second kappa shape index (κ2) is 5.46. The van der Waals surface area contributed by atoms with Crippen LogP contribution in [0.15, 0.2) is 26.8 Å². The zero-order valence-electron chi connectivity index (χ0n) is 10.8. The van der Waals surface area contributed by atoms with Gasteiger partial charge in [-0.15, -0.1) is 11.3 Å². The van der Waals surface area contributed by atoms with Crippen LogP contribution in [-0.4, -0.2) is 8.42 Å². The maximum absolute atomic E-state index is 12.3. The summed E-state index contributed by atoms with van der Waals surface area (Å²) in [5, 5.41) is 1.80. The Morgan fingerprint density at radius 1 is 1.37 bits per heavy atom. The van der Waals surface area contributed by atoms with Crippen LogP contribution in [0.1, 0.15) is 22.0 Å². The van der Waals surface area contributed by atoms with E-state index < -0.39 is 10.0 Å². The minimum atomic E-state index is -3.56. The number of hydrogen-bond donors (Lipinski definition) is 2. The van der Waals surface area contributed by atoms with Crippen molar-refractivity contribution in [3.8, 4) is 0 Å². The lowest BCUT2D eigenvalue weighted by molar-refractivity contribution is 0.475. The molecule has 0 aliphatic carbocycles. The second-order valence-corrected chi connectivity index (χ2v) is 6.88. The molecular weight excluding hydrogens is 284 g/mol. The summed E-state index contributed by atoms with van der Waals surface area (Å²) in [6.45, 7) is 3.93. The molecular formula is C12H16N2O3S2. The summed E-state index contributed by atoms with van der Waals surface area (Å²) in [6.07, 6.45) is 0. The number of thiophene rings is 1. The molecule has 0 unspecified atom stereocenters. The van der Waals surface area contributed by atoms with E-state index in [0.29, 0.717) is 21.1 Å². The Bertz CT molecular complexity index is 671. The van der Waals surface area contributed by atoms with Gasteiger partial charge in [0.05, 0.1) is 6.54 Å². The van der Waals surface area contributed by atoms with E-state index >= 15 is 0 Å². The Hall–Kier alpha value is -1.15. The first-order chi connectivity index (χ1) is 8.94. The minimum Gasteiger partial charge on any atom is -0.465 e. The Kier molecular flexibility index (Phi) is 4.10. The van der Waals surface area contributed by atoms with Gasteiger partial charge in [0.1, 0.15) is 16.4 Å². The molecule has 0 saturated heterocycles. The quantitative estimate of drug-likeness (QED) is 0.883. The number of nitrogens with two attached hydrogens (primary N) is 1. The fraction of sp³-hybridized carbons (Fsp3) is 0.333. The summed E-state index contributed by atoms with van der Waals surface area (Å²) in [4.78, 5) is 0.962. The summed E-state index contributed by atoms with van der Waals surface area (Å²) < 4.78 is 32.4. The van der Waals surface area contributed by atoms with Crippen molar-refractivity contribution in [2.75, 3.05) is 0 Å². The van der Waals surface area contributed by atoms with Crippen LogP contribution in [-0.2, 0) is 23.1 Å². The summed E-state index contributed by atoms with van der Waals surface area (Å²) in [5.74, 6) is 1.34. The van der Waals surface area contributed by atoms with Crippen molar-refractivity contribution in [1.29, 1.82) is 0 Å². The van der Waals surface area contributed by atoms with Crippen molar-refractivity contribution >= 4 is 21.4 Å². The number of aryl methyl sites for hydroxylation is 2. The Morgan fingerprint density at radius 3 is 2.68 bits per heavy atom. The van der Waals surface area contributed by atoms with Crippen LogP contribution in [0.3, 0.4) is 0 Å². The van der Waals surface area contributed by atoms with Gasteiger partial charge in [0.2, 0.25) is 10.0 Å². The highest BCUT2D eigenvalue weighted by Gasteiger charge is 2.22. The van der Waals surface area contributed by atoms with Gasteiger partial charge in [-0.2, -0.15) is 0 Å². The van der Waals surface area contributed by atoms with Gasteiger partial charge < -0.3 is 10.2 Å². The van der Waals surface area contributed by atoms with E-state index in [1.54, 1.807) is 24.4 Å². The van der Waals surface area contributed by atoms with Crippen LogP contribution < -0.4 is 10.5 Å².